The molecule has 0 saturated heterocycles. The Bertz CT molecular complexity index is 305. The number of hydrogen-bond donors (Lipinski definition) is 2. The molecule has 0 bridgehead atoms. The van der Waals surface area contributed by atoms with Gasteiger partial charge in [-0.3, -0.25) is 0 Å². The smallest absolute Gasteiger partial charge is 0.166 e. The lowest BCUT2D eigenvalue weighted by atomic mass is 10.5. The summed E-state index contributed by atoms with van der Waals surface area (Å²) in [7, 11) is 1.82. The minimum atomic E-state index is 0.705. The number of nitrogens with one attached hydrogen (secondary N) is 2. The molecule has 0 aliphatic carbocycles. The molecule has 0 unspecified atom stereocenters. The average Bonchev–Trinajstić information content (AvgIpc) is 2.34. The van der Waals surface area contributed by atoms with Crippen molar-refractivity contribution in [3.63, 3.8) is 0 Å². The maximum absolute atomic E-state index is 4.96. The molecule has 0 radical (unpaired) electrons. The van der Waals surface area contributed by atoms with Crippen molar-refractivity contribution in [2.75, 3.05) is 19.3 Å². The van der Waals surface area contributed by atoms with E-state index in [1.165, 1.54) is 0 Å². The summed E-state index contributed by atoms with van der Waals surface area (Å²) in [6, 6.07) is 1.83. The van der Waals surface area contributed by atoms with Crippen LogP contribution in [-0.2, 0) is 5.75 Å². The van der Waals surface area contributed by atoms with Gasteiger partial charge in [0.05, 0.1) is 5.75 Å². The first-order chi connectivity index (χ1) is 7.83. The number of aromatic nitrogens is 2. The normalized spacial score (nSPS) is 9.81. The van der Waals surface area contributed by atoms with Gasteiger partial charge in [0.15, 0.2) is 5.11 Å². The minimum absolute atomic E-state index is 0.705. The van der Waals surface area contributed by atoms with Crippen LogP contribution in [-0.4, -0.2) is 34.4 Å². The van der Waals surface area contributed by atoms with Gasteiger partial charge in [-0.15, -0.1) is 0 Å². The molecule has 0 aliphatic rings. The lowest BCUT2D eigenvalue weighted by Gasteiger charge is -2.06. The highest BCUT2D eigenvalue weighted by Crippen LogP contribution is 2.08. The molecule has 6 heteroatoms. The lowest BCUT2D eigenvalue weighted by Crippen LogP contribution is -2.33. The predicted molar refractivity (Wildman–Crippen MR) is 72.5 cm³/mol. The fourth-order valence-electron chi connectivity index (χ4n) is 1.03. The van der Waals surface area contributed by atoms with Crippen LogP contribution in [0.5, 0.6) is 0 Å². The molecule has 1 aromatic rings. The Morgan fingerprint density at radius 3 is 2.88 bits per heavy atom. The summed E-state index contributed by atoms with van der Waals surface area (Å²) in [6.45, 7) is 0.905. The van der Waals surface area contributed by atoms with Gasteiger partial charge in [0.25, 0.3) is 0 Å². The number of hydrogen-bond acceptors (Lipinski definition) is 4. The predicted octanol–water partition coefficient (Wildman–Crippen LogP) is 1.19. The van der Waals surface area contributed by atoms with Gasteiger partial charge < -0.3 is 10.6 Å². The van der Waals surface area contributed by atoms with E-state index in [9.17, 15) is 0 Å². The highest BCUT2D eigenvalue weighted by molar-refractivity contribution is 7.98. The van der Waals surface area contributed by atoms with Crippen LogP contribution in [0.1, 0.15) is 12.2 Å². The largest absolute Gasteiger partial charge is 0.366 e. The van der Waals surface area contributed by atoms with E-state index in [2.05, 4.69) is 20.6 Å². The molecule has 88 valence electrons. The number of thioether (sulfide) groups is 1. The minimum Gasteiger partial charge on any atom is -0.366 e. The van der Waals surface area contributed by atoms with Gasteiger partial charge in [-0.2, -0.15) is 11.8 Å². The van der Waals surface area contributed by atoms with E-state index < -0.39 is 0 Å². The molecule has 0 saturated carbocycles. The van der Waals surface area contributed by atoms with Crippen LogP contribution in [0.25, 0.3) is 0 Å². The summed E-state index contributed by atoms with van der Waals surface area (Å²) in [6.07, 6.45) is 4.63. The second-order valence-corrected chi connectivity index (χ2v) is 4.59. The number of rotatable bonds is 6. The van der Waals surface area contributed by atoms with Crippen molar-refractivity contribution in [1.82, 2.24) is 20.6 Å². The third-order valence-electron chi connectivity index (χ3n) is 1.83. The van der Waals surface area contributed by atoms with E-state index in [-0.39, 0.29) is 0 Å². The van der Waals surface area contributed by atoms with E-state index >= 15 is 0 Å². The first kappa shape index (κ1) is 13.2. The van der Waals surface area contributed by atoms with Crippen LogP contribution >= 0.6 is 24.0 Å². The maximum Gasteiger partial charge on any atom is 0.166 e. The molecule has 0 aliphatic heterocycles. The fourth-order valence-corrected chi connectivity index (χ4v) is 1.96. The molecule has 0 spiro atoms. The Morgan fingerprint density at radius 2 is 2.19 bits per heavy atom. The van der Waals surface area contributed by atoms with Crippen LogP contribution in [0.15, 0.2) is 18.5 Å². The Hall–Kier alpha value is -0.880. The quantitative estimate of drug-likeness (QED) is 0.589. The maximum atomic E-state index is 4.96. The summed E-state index contributed by atoms with van der Waals surface area (Å²) < 4.78 is 0. The van der Waals surface area contributed by atoms with Crippen molar-refractivity contribution >= 4 is 29.1 Å². The van der Waals surface area contributed by atoms with Crippen molar-refractivity contribution < 1.29 is 0 Å². The lowest BCUT2D eigenvalue weighted by molar-refractivity contribution is 0.834. The second-order valence-electron chi connectivity index (χ2n) is 3.08. The summed E-state index contributed by atoms with van der Waals surface area (Å²) >= 11 is 6.80. The summed E-state index contributed by atoms with van der Waals surface area (Å²) in [5, 5.41) is 6.69. The van der Waals surface area contributed by atoms with Crippen LogP contribution in [0, 0.1) is 0 Å². The molecule has 0 aromatic carbocycles. The first-order valence-electron chi connectivity index (χ1n) is 5.12. The van der Waals surface area contributed by atoms with Crippen molar-refractivity contribution in [2.24, 2.45) is 0 Å². The molecule has 2 N–H and O–H groups in total. The van der Waals surface area contributed by atoms with Crippen molar-refractivity contribution in [1.29, 1.82) is 0 Å². The summed E-state index contributed by atoms with van der Waals surface area (Å²) in [5.41, 5.74) is 0. The van der Waals surface area contributed by atoms with Gasteiger partial charge in [-0.05, 0) is 30.5 Å². The summed E-state index contributed by atoms with van der Waals surface area (Å²) in [5.74, 6) is 2.85. The second kappa shape index (κ2) is 8.29. The van der Waals surface area contributed by atoms with Crippen LogP contribution in [0.4, 0.5) is 0 Å². The van der Waals surface area contributed by atoms with Crippen molar-refractivity contribution in [2.45, 2.75) is 12.2 Å². The molecule has 1 aromatic heterocycles. The highest BCUT2D eigenvalue weighted by Gasteiger charge is 1.95. The van der Waals surface area contributed by atoms with Gasteiger partial charge in [0.2, 0.25) is 0 Å². The SMILES string of the molecule is CNC(=S)NCCCSCc1ncccn1. The number of thiocarbonyl (C=S) groups is 1. The van der Waals surface area contributed by atoms with E-state index in [1.807, 2.05) is 24.9 Å². The third-order valence-corrected chi connectivity index (χ3v) is 3.22. The molecule has 4 nitrogen and oxygen atoms in total. The van der Waals surface area contributed by atoms with Crippen LogP contribution in [0.2, 0.25) is 0 Å². The monoisotopic (exact) mass is 256 g/mol. The van der Waals surface area contributed by atoms with Gasteiger partial charge in [-0.1, -0.05) is 0 Å². The molecule has 1 rings (SSSR count). The van der Waals surface area contributed by atoms with Crippen LogP contribution in [0.3, 0.4) is 0 Å². The number of nitrogens with zero attached hydrogens (tertiary/aromatic N) is 2. The molecule has 1 heterocycles. The van der Waals surface area contributed by atoms with Gasteiger partial charge in [0, 0.05) is 26.0 Å². The molecule has 0 fully saturated rings. The molecule has 0 amide bonds. The van der Waals surface area contributed by atoms with E-state index in [0.717, 1.165) is 30.3 Å². The Labute approximate surface area is 106 Å². The standard InChI is InChI=1S/C10H16N4S2/c1-11-10(15)14-6-3-7-16-8-9-12-4-2-5-13-9/h2,4-5H,3,6-8H2,1H3,(H2,11,14,15). The topological polar surface area (TPSA) is 49.8 Å². The molecule has 16 heavy (non-hydrogen) atoms. The van der Waals surface area contributed by atoms with E-state index in [0.29, 0.717) is 5.11 Å². The Morgan fingerprint density at radius 1 is 1.44 bits per heavy atom. The summed E-state index contributed by atoms with van der Waals surface area (Å²) in [4.78, 5) is 8.32. The zero-order valence-corrected chi connectivity index (χ0v) is 10.9. The highest BCUT2D eigenvalue weighted by atomic mass is 32.2. The Balaban J connectivity index is 1.98. The van der Waals surface area contributed by atoms with E-state index in [4.69, 9.17) is 12.2 Å². The first-order valence-corrected chi connectivity index (χ1v) is 6.68. The molecular weight excluding hydrogens is 240 g/mol. The molecule has 0 atom stereocenters. The zero-order chi connectivity index (χ0) is 11.6. The van der Waals surface area contributed by atoms with Gasteiger partial charge in [-0.25, -0.2) is 9.97 Å². The fraction of sp³-hybridized carbons (Fsp3) is 0.500. The van der Waals surface area contributed by atoms with Gasteiger partial charge >= 0.3 is 0 Å². The average molecular weight is 256 g/mol. The van der Waals surface area contributed by atoms with E-state index in [1.54, 1.807) is 12.4 Å². The molecular formula is C10H16N4S2. The zero-order valence-electron chi connectivity index (χ0n) is 9.27. The Kier molecular flexibility index (Phi) is 6.83. The third kappa shape index (κ3) is 5.87. The van der Waals surface area contributed by atoms with Crippen molar-refractivity contribution in [3.05, 3.63) is 24.3 Å². The van der Waals surface area contributed by atoms with Gasteiger partial charge in [0.1, 0.15) is 5.82 Å². The van der Waals surface area contributed by atoms with Crippen LogP contribution < -0.4 is 10.6 Å². The van der Waals surface area contributed by atoms with Crippen molar-refractivity contribution in [3.8, 4) is 0 Å².